The fraction of sp³-hybridized carbons (Fsp3) is 0.300. The van der Waals surface area contributed by atoms with E-state index in [-0.39, 0.29) is 17.6 Å². The SMILES string of the molecule is C[C@H](C(=O)N1CCO[C@H](c2ccccc2)C1)n1nnc2ccccc2c1=O. The Balaban J connectivity index is 1.57. The molecular formula is C20H20N4O3. The number of morpholine rings is 1. The van der Waals surface area contributed by atoms with Crippen molar-refractivity contribution in [3.05, 3.63) is 70.5 Å². The van der Waals surface area contributed by atoms with Crippen LogP contribution in [0.4, 0.5) is 0 Å². The monoisotopic (exact) mass is 364 g/mol. The quantitative estimate of drug-likeness (QED) is 0.710. The maximum atomic E-state index is 13.0. The van der Waals surface area contributed by atoms with Gasteiger partial charge in [0.2, 0.25) is 5.91 Å². The van der Waals surface area contributed by atoms with Gasteiger partial charge in [-0.2, -0.15) is 4.68 Å². The molecule has 2 aromatic carbocycles. The van der Waals surface area contributed by atoms with E-state index in [1.807, 2.05) is 30.3 Å². The van der Waals surface area contributed by atoms with Crippen molar-refractivity contribution >= 4 is 16.8 Å². The molecule has 0 bridgehead atoms. The molecule has 1 aromatic heterocycles. The van der Waals surface area contributed by atoms with Crippen LogP contribution in [0.25, 0.3) is 10.9 Å². The van der Waals surface area contributed by atoms with Crippen molar-refractivity contribution in [2.45, 2.75) is 19.1 Å². The third-order valence-corrected chi connectivity index (χ3v) is 4.87. The molecule has 0 aliphatic carbocycles. The standard InChI is InChI=1S/C20H20N4O3/c1-14(24-20(26)16-9-5-6-10-17(16)21-22-24)19(25)23-11-12-27-18(13-23)15-7-3-2-4-8-15/h2-10,14,18H,11-13H2,1H3/t14-,18+/m1/s1. The molecule has 7 heteroatoms. The van der Waals surface area contributed by atoms with E-state index in [1.54, 1.807) is 36.1 Å². The third kappa shape index (κ3) is 3.33. The average molecular weight is 364 g/mol. The van der Waals surface area contributed by atoms with E-state index in [9.17, 15) is 9.59 Å². The van der Waals surface area contributed by atoms with Gasteiger partial charge >= 0.3 is 0 Å². The Labute approximate surface area is 156 Å². The van der Waals surface area contributed by atoms with Gasteiger partial charge in [-0.05, 0) is 24.6 Å². The molecule has 3 aromatic rings. The van der Waals surface area contributed by atoms with Gasteiger partial charge in [0.1, 0.15) is 17.7 Å². The molecule has 0 saturated carbocycles. The van der Waals surface area contributed by atoms with Crippen LogP contribution >= 0.6 is 0 Å². The molecule has 138 valence electrons. The molecule has 1 aliphatic rings. The summed E-state index contributed by atoms with van der Waals surface area (Å²) in [6, 6.07) is 16.1. The maximum absolute atomic E-state index is 13.0. The van der Waals surface area contributed by atoms with E-state index in [0.717, 1.165) is 10.2 Å². The fourth-order valence-electron chi connectivity index (χ4n) is 3.34. The van der Waals surface area contributed by atoms with Crippen LogP contribution in [0.3, 0.4) is 0 Å². The van der Waals surface area contributed by atoms with Crippen molar-refractivity contribution in [1.82, 2.24) is 19.9 Å². The van der Waals surface area contributed by atoms with E-state index >= 15 is 0 Å². The number of aromatic nitrogens is 3. The molecule has 27 heavy (non-hydrogen) atoms. The summed E-state index contributed by atoms with van der Waals surface area (Å²) in [6.45, 7) is 3.07. The highest BCUT2D eigenvalue weighted by Crippen LogP contribution is 2.23. The topological polar surface area (TPSA) is 77.3 Å². The summed E-state index contributed by atoms with van der Waals surface area (Å²) >= 11 is 0. The van der Waals surface area contributed by atoms with Gasteiger partial charge in [-0.25, -0.2) is 0 Å². The van der Waals surface area contributed by atoms with Crippen LogP contribution in [0.2, 0.25) is 0 Å². The van der Waals surface area contributed by atoms with Gasteiger partial charge in [-0.3, -0.25) is 9.59 Å². The Hall–Kier alpha value is -3.06. The van der Waals surface area contributed by atoms with Gasteiger partial charge < -0.3 is 9.64 Å². The van der Waals surface area contributed by atoms with Crippen molar-refractivity contribution in [2.24, 2.45) is 0 Å². The number of fused-ring (bicyclic) bond motifs is 1. The Morgan fingerprint density at radius 3 is 2.70 bits per heavy atom. The van der Waals surface area contributed by atoms with Crippen LogP contribution in [0, 0.1) is 0 Å². The summed E-state index contributed by atoms with van der Waals surface area (Å²) in [6.07, 6.45) is -0.171. The van der Waals surface area contributed by atoms with Gasteiger partial charge in [0.05, 0.1) is 18.5 Å². The van der Waals surface area contributed by atoms with Gasteiger partial charge in [0.15, 0.2) is 0 Å². The minimum Gasteiger partial charge on any atom is -0.370 e. The number of amides is 1. The first-order valence-corrected chi connectivity index (χ1v) is 8.95. The smallest absolute Gasteiger partial charge is 0.278 e. The Kier molecular flexibility index (Phi) is 4.68. The molecule has 0 unspecified atom stereocenters. The van der Waals surface area contributed by atoms with Crippen molar-refractivity contribution in [1.29, 1.82) is 0 Å². The molecule has 2 heterocycles. The third-order valence-electron chi connectivity index (χ3n) is 4.87. The first kappa shape index (κ1) is 17.4. The molecule has 0 spiro atoms. The van der Waals surface area contributed by atoms with E-state index in [1.165, 1.54) is 0 Å². The number of hydrogen-bond acceptors (Lipinski definition) is 5. The van der Waals surface area contributed by atoms with Crippen molar-refractivity contribution in [3.63, 3.8) is 0 Å². The number of benzene rings is 2. The summed E-state index contributed by atoms with van der Waals surface area (Å²) in [5.74, 6) is -0.161. The lowest BCUT2D eigenvalue weighted by molar-refractivity contribution is -0.142. The number of carbonyl (C=O) groups excluding carboxylic acids is 1. The summed E-state index contributed by atoms with van der Waals surface area (Å²) in [4.78, 5) is 27.4. The molecule has 2 atom stereocenters. The second-order valence-corrected chi connectivity index (χ2v) is 6.59. The first-order valence-electron chi connectivity index (χ1n) is 8.95. The number of hydrogen-bond donors (Lipinski definition) is 0. The molecule has 7 nitrogen and oxygen atoms in total. The lowest BCUT2D eigenvalue weighted by Crippen LogP contribution is -2.46. The van der Waals surface area contributed by atoms with E-state index in [0.29, 0.717) is 30.6 Å². The predicted octanol–water partition coefficient (Wildman–Crippen LogP) is 1.95. The maximum Gasteiger partial charge on any atom is 0.278 e. The van der Waals surface area contributed by atoms with Gasteiger partial charge in [-0.15, -0.1) is 5.10 Å². The number of ether oxygens (including phenoxy) is 1. The number of nitrogens with zero attached hydrogens (tertiary/aromatic N) is 4. The normalized spacial score (nSPS) is 18.4. The highest BCUT2D eigenvalue weighted by molar-refractivity contribution is 5.81. The molecule has 1 aliphatic heterocycles. The van der Waals surface area contributed by atoms with E-state index < -0.39 is 6.04 Å². The molecule has 1 amide bonds. The molecule has 1 fully saturated rings. The Bertz CT molecular complexity index is 1020. The van der Waals surface area contributed by atoms with Gasteiger partial charge in [0, 0.05) is 6.54 Å². The largest absolute Gasteiger partial charge is 0.370 e. The number of carbonyl (C=O) groups is 1. The lowest BCUT2D eigenvalue weighted by atomic mass is 10.1. The minimum absolute atomic E-state index is 0.161. The van der Waals surface area contributed by atoms with Crippen molar-refractivity contribution < 1.29 is 9.53 Å². The average Bonchev–Trinajstić information content (AvgIpc) is 2.74. The second kappa shape index (κ2) is 7.28. The zero-order chi connectivity index (χ0) is 18.8. The highest BCUT2D eigenvalue weighted by Gasteiger charge is 2.30. The summed E-state index contributed by atoms with van der Waals surface area (Å²) in [5.41, 5.74) is 1.24. The molecule has 4 rings (SSSR count). The minimum atomic E-state index is -0.732. The highest BCUT2D eigenvalue weighted by atomic mass is 16.5. The zero-order valence-electron chi connectivity index (χ0n) is 15.0. The zero-order valence-corrected chi connectivity index (χ0v) is 15.0. The second-order valence-electron chi connectivity index (χ2n) is 6.59. The van der Waals surface area contributed by atoms with Crippen molar-refractivity contribution in [2.75, 3.05) is 19.7 Å². The fourth-order valence-corrected chi connectivity index (χ4v) is 3.34. The van der Waals surface area contributed by atoms with Gasteiger partial charge in [0.25, 0.3) is 5.56 Å². The molecule has 0 N–H and O–H groups in total. The molecule has 0 radical (unpaired) electrons. The van der Waals surface area contributed by atoms with Gasteiger partial charge in [-0.1, -0.05) is 47.7 Å². The van der Waals surface area contributed by atoms with Crippen molar-refractivity contribution in [3.8, 4) is 0 Å². The lowest BCUT2D eigenvalue weighted by Gasteiger charge is -2.34. The van der Waals surface area contributed by atoms with E-state index in [4.69, 9.17) is 4.74 Å². The predicted molar refractivity (Wildman–Crippen MR) is 100 cm³/mol. The van der Waals surface area contributed by atoms with Crippen LogP contribution in [-0.2, 0) is 9.53 Å². The van der Waals surface area contributed by atoms with Crippen LogP contribution in [0.5, 0.6) is 0 Å². The summed E-state index contributed by atoms with van der Waals surface area (Å²) in [5, 5.41) is 8.50. The van der Waals surface area contributed by atoms with E-state index in [2.05, 4.69) is 10.3 Å². The Morgan fingerprint density at radius 2 is 1.89 bits per heavy atom. The Morgan fingerprint density at radius 1 is 1.15 bits per heavy atom. The number of rotatable bonds is 3. The summed E-state index contributed by atoms with van der Waals surface area (Å²) < 4.78 is 6.99. The van der Waals surface area contributed by atoms with Crippen LogP contribution in [0.1, 0.15) is 24.6 Å². The molecular weight excluding hydrogens is 344 g/mol. The van der Waals surface area contributed by atoms with Crippen LogP contribution in [0.15, 0.2) is 59.4 Å². The van der Waals surface area contributed by atoms with Crippen LogP contribution < -0.4 is 5.56 Å². The first-order chi connectivity index (χ1) is 13.1. The molecule has 1 saturated heterocycles. The van der Waals surface area contributed by atoms with Crippen LogP contribution in [-0.4, -0.2) is 45.5 Å². The summed E-state index contributed by atoms with van der Waals surface area (Å²) in [7, 11) is 0.